The third kappa shape index (κ3) is 2.77. The molecule has 1 fully saturated rings. The molecular formula is C16H26N2O. The molecule has 0 radical (unpaired) electrons. The summed E-state index contributed by atoms with van der Waals surface area (Å²) in [5.41, 5.74) is 11.5. The summed E-state index contributed by atoms with van der Waals surface area (Å²) in [5.74, 6) is 1.54. The van der Waals surface area contributed by atoms with Gasteiger partial charge in [0.1, 0.15) is 5.75 Å². The Balaban J connectivity index is 2.33. The predicted octanol–water partition coefficient (Wildman–Crippen LogP) is 2.62. The predicted molar refractivity (Wildman–Crippen MR) is 79.7 cm³/mol. The van der Waals surface area contributed by atoms with Crippen LogP contribution < -0.4 is 15.8 Å². The average Bonchev–Trinajstić information content (AvgIpc) is 2.43. The highest BCUT2D eigenvalue weighted by molar-refractivity contribution is 5.50. The summed E-state index contributed by atoms with van der Waals surface area (Å²) in [6.07, 6.45) is 2.45. The van der Waals surface area contributed by atoms with Crippen molar-refractivity contribution in [2.75, 3.05) is 20.2 Å². The van der Waals surface area contributed by atoms with Gasteiger partial charge in [0.05, 0.1) is 7.11 Å². The molecular weight excluding hydrogens is 236 g/mol. The highest BCUT2D eigenvalue weighted by Gasteiger charge is 2.24. The standard InChI is InChI=1S/C16H26N2O/c1-10-8-14(11(2)12(3)16(10)19-4)15(17)13-6-5-7-18-9-13/h8,13,15,18H,5-7,9,17H2,1-4H3. The molecule has 1 saturated heterocycles. The average molecular weight is 262 g/mol. The minimum Gasteiger partial charge on any atom is -0.496 e. The van der Waals surface area contributed by atoms with Crippen molar-refractivity contribution in [1.29, 1.82) is 0 Å². The third-order valence-corrected chi connectivity index (χ3v) is 4.47. The van der Waals surface area contributed by atoms with E-state index in [1.54, 1.807) is 7.11 Å². The molecule has 3 N–H and O–H groups in total. The molecule has 2 rings (SSSR count). The Morgan fingerprint density at radius 3 is 2.63 bits per heavy atom. The van der Waals surface area contributed by atoms with Crippen molar-refractivity contribution in [2.24, 2.45) is 11.7 Å². The van der Waals surface area contributed by atoms with Crippen molar-refractivity contribution < 1.29 is 4.74 Å². The number of benzene rings is 1. The highest BCUT2D eigenvalue weighted by atomic mass is 16.5. The van der Waals surface area contributed by atoms with Crippen molar-refractivity contribution in [3.05, 3.63) is 28.3 Å². The van der Waals surface area contributed by atoms with Gasteiger partial charge in [0.2, 0.25) is 0 Å². The SMILES string of the molecule is COc1c(C)cc(C(N)C2CCCNC2)c(C)c1C. The first-order chi connectivity index (χ1) is 9.06. The molecule has 0 bridgehead atoms. The molecule has 2 unspecified atom stereocenters. The first-order valence-electron chi connectivity index (χ1n) is 7.17. The second-order valence-corrected chi connectivity index (χ2v) is 5.70. The van der Waals surface area contributed by atoms with Crippen LogP contribution in [0.1, 0.15) is 41.1 Å². The second-order valence-electron chi connectivity index (χ2n) is 5.70. The van der Waals surface area contributed by atoms with Crippen LogP contribution in [0.25, 0.3) is 0 Å². The van der Waals surface area contributed by atoms with E-state index in [2.05, 4.69) is 32.2 Å². The maximum Gasteiger partial charge on any atom is 0.124 e. The van der Waals surface area contributed by atoms with E-state index in [0.717, 1.165) is 18.8 Å². The van der Waals surface area contributed by atoms with Crippen LogP contribution in [0.5, 0.6) is 5.75 Å². The number of nitrogens with one attached hydrogen (secondary N) is 1. The summed E-state index contributed by atoms with van der Waals surface area (Å²) in [7, 11) is 1.74. The lowest BCUT2D eigenvalue weighted by Crippen LogP contribution is -2.36. The smallest absolute Gasteiger partial charge is 0.124 e. The molecule has 0 amide bonds. The minimum atomic E-state index is 0.121. The van der Waals surface area contributed by atoms with Crippen molar-refractivity contribution >= 4 is 0 Å². The topological polar surface area (TPSA) is 47.3 Å². The monoisotopic (exact) mass is 262 g/mol. The summed E-state index contributed by atoms with van der Waals surface area (Å²) >= 11 is 0. The number of aryl methyl sites for hydroxylation is 1. The van der Waals surface area contributed by atoms with Crippen LogP contribution in [0.4, 0.5) is 0 Å². The van der Waals surface area contributed by atoms with Crippen molar-refractivity contribution in [1.82, 2.24) is 5.32 Å². The zero-order valence-electron chi connectivity index (χ0n) is 12.5. The van der Waals surface area contributed by atoms with Crippen LogP contribution in [0, 0.1) is 26.7 Å². The largest absolute Gasteiger partial charge is 0.496 e. The number of hydrogen-bond donors (Lipinski definition) is 2. The zero-order valence-corrected chi connectivity index (χ0v) is 12.5. The Kier molecular flexibility index (Phi) is 4.48. The Labute approximate surface area is 116 Å². The van der Waals surface area contributed by atoms with Gasteiger partial charge in [-0.15, -0.1) is 0 Å². The number of piperidine rings is 1. The first-order valence-corrected chi connectivity index (χ1v) is 7.17. The van der Waals surface area contributed by atoms with Crippen molar-refractivity contribution in [2.45, 2.75) is 39.7 Å². The van der Waals surface area contributed by atoms with Crippen LogP contribution in [-0.2, 0) is 0 Å². The van der Waals surface area contributed by atoms with Gasteiger partial charge < -0.3 is 15.8 Å². The lowest BCUT2D eigenvalue weighted by Gasteiger charge is -2.30. The molecule has 1 aliphatic rings. The maximum absolute atomic E-state index is 6.52. The summed E-state index contributed by atoms with van der Waals surface area (Å²) in [6.45, 7) is 8.54. The van der Waals surface area contributed by atoms with Gasteiger partial charge in [0.15, 0.2) is 0 Å². The highest BCUT2D eigenvalue weighted by Crippen LogP contribution is 2.34. The summed E-state index contributed by atoms with van der Waals surface area (Å²) in [4.78, 5) is 0. The first kappa shape index (κ1) is 14.4. The summed E-state index contributed by atoms with van der Waals surface area (Å²) in [6, 6.07) is 2.33. The molecule has 1 aliphatic heterocycles. The van der Waals surface area contributed by atoms with E-state index in [1.807, 2.05) is 0 Å². The molecule has 19 heavy (non-hydrogen) atoms. The van der Waals surface area contributed by atoms with E-state index in [1.165, 1.54) is 35.1 Å². The van der Waals surface area contributed by atoms with Crippen LogP contribution in [0.15, 0.2) is 6.07 Å². The molecule has 0 saturated carbocycles. The molecule has 0 aliphatic carbocycles. The van der Waals surface area contributed by atoms with Crippen LogP contribution in [-0.4, -0.2) is 20.2 Å². The van der Waals surface area contributed by atoms with Gasteiger partial charge in [0, 0.05) is 6.04 Å². The van der Waals surface area contributed by atoms with Gasteiger partial charge in [-0.1, -0.05) is 6.07 Å². The van der Waals surface area contributed by atoms with E-state index in [0.29, 0.717) is 5.92 Å². The van der Waals surface area contributed by atoms with Crippen molar-refractivity contribution in [3.8, 4) is 5.75 Å². The number of hydrogen-bond acceptors (Lipinski definition) is 3. The van der Waals surface area contributed by atoms with Crippen LogP contribution in [0.2, 0.25) is 0 Å². The fourth-order valence-corrected chi connectivity index (χ4v) is 3.19. The molecule has 1 heterocycles. The number of nitrogens with two attached hydrogens (primary N) is 1. The number of ether oxygens (including phenoxy) is 1. The zero-order chi connectivity index (χ0) is 14.0. The second kappa shape index (κ2) is 5.93. The molecule has 1 aromatic carbocycles. The van der Waals surface area contributed by atoms with Gasteiger partial charge >= 0.3 is 0 Å². The van der Waals surface area contributed by atoms with E-state index in [9.17, 15) is 0 Å². The molecule has 3 heteroatoms. The third-order valence-electron chi connectivity index (χ3n) is 4.47. The van der Waals surface area contributed by atoms with Gasteiger partial charge in [0.25, 0.3) is 0 Å². The maximum atomic E-state index is 6.52. The summed E-state index contributed by atoms with van der Waals surface area (Å²) < 4.78 is 5.48. The van der Waals surface area contributed by atoms with E-state index < -0.39 is 0 Å². The Hall–Kier alpha value is -1.06. The molecule has 2 atom stereocenters. The minimum absolute atomic E-state index is 0.121. The Bertz CT molecular complexity index is 451. The fraction of sp³-hybridized carbons (Fsp3) is 0.625. The van der Waals surface area contributed by atoms with E-state index in [4.69, 9.17) is 10.5 Å². The van der Waals surface area contributed by atoms with Gasteiger partial charge in [-0.2, -0.15) is 0 Å². The molecule has 0 spiro atoms. The Morgan fingerprint density at radius 1 is 1.32 bits per heavy atom. The van der Waals surface area contributed by atoms with Gasteiger partial charge in [-0.3, -0.25) is 0 Å². The lowest BCUT2D eigenvalue weighted by molar-refractivity contribution is 0.325. The van der Waals surface area contributed by atoms with Gasteiger partial charge in [-0.25, -0.2) is 0 Å². The van der Waals surface area contributed by atoms with E-state index >= 15 is 0 Å². The lowest BCUT2D eigenvalue weighted by atomic mass is 9.84. The van der Waals surface area contributed by atoms with E-state index in [-0.39, 0.29) is 6.04 Å². The summed E-state index contributed by atoms with van der Waals surface area (Å²) in [5, 5.41) is 3.45. The van der Waals surface area contributed by atoms with Gasteiger partial charge in [-0.05, 0) is 74.9 Å². The molecule has 1 aromatic rings. The number of methoxy groups -OCH3 is 1. The fourth-order valence-electron chi connectivity index (χ4n) is 3.19. The molecule has 0 aromatic heterocycles. The molecule has 3 nitrogen and oxygen atoms in total. The molecule has 106 valence electrons. The van der Waals surface area contributed by atoms with Crippen molar-refractivity contribution in [3.63, 3.8) is 0 Å². The Morgan fingerprint density at radius 2 is 2.05 bits per heavy atom. The van der Waals surface area contributed by atoms with Crippen LogP contribution in [0.3, 0.4) is 0 Å². The normalized spacial score (nSPS) is 21.2. The number of rotatable bonds is 3. The van der Waals surface area contributed by atoms with Crippen LogP contribution >= 0.6 is 0 Å². The quantitative estimate of drug-likeness (QED) is 0.880.